The van der Waals surface area contributed by atoms with E-state index in [1.807, 2.05) is 0 Å². The fourth-order valence-electron chi connectivity index (χ4n) is 2.05. The van der Waals surface area contributed by atoms with Crippen LogP contribution in [0.3, 0.4) is 0 Å². The zero-order valence-electron chi connectivity index (χ0n) is 10.6. The van der Waals surface area contributed by atoms with Crippen molar-refractivity contribution in [3.05, 3.63) is 22.8 Å². The summed E-state index contributed by atoms with van der Waals surface area (Å²) in [6.45, 7) is 8.78. The van der Waals surface area contributed by atoms with Gasteiger partial charge in [-0.3, -0.25) is 0 Å². The number of allylic oxidation sites excluding steroid dienone is 3. The predicted octanol–water partition coefficient (Wildman–Crippen LogP) is 3.81. The summed E-state index contributed by atoms with van der Waals surface area (Å²) in [5.41, 5.74) is 10.3. The van der Waals surface area contributed by atoms with Crippen LogP contribution in [0.5, 0.6) is 0 Å². The van der Waals surface area contributed by atoms with E-state index in [9.17, 15) is 0 Å². The highest BCUT2D eigenvalue weighted by molar-refractivity contribution is 5.29. The molecule has 0 heterocycles. The van der Waals surface area contributed by atoms with E-state index in [0.717, 1.165) is 12.3 Å². The van der Waals surface area contributed by atoms with E-state index in [1.165, 1.54) is 30.4 Å². The van der Waals surface area contributed by atoms with Gasteiger partial charge in [0, 0.05) is 6.04 Å². The molecule has 0 saturated heterocycles. The second-order valence-electron chi connectivity index (χ2n) is 4.90. The van der Waals surface area contributed by atoms with Gasteiger partial charge in [0.05, 0.1) is 0 Å². The van der Waals surface area contributed by atoms with E-state index < -0.39 is 0 Å². The van der Waals surface area contributed by atoms with Crippen molar-refractivity contribution in [2.75, 3.05) is 0 Å². The zero-order chi connectivity index (χ0) is 11.4. The Kier molecular flexibility index (Phi) is 4.59. The van der Waals surface area contributed by atoms with Crippen molar-refractivity contribution < 1.29 is 0 Å². The molecule has 1 unspecified atom stereocenters. The molecule has 1 fully saturated rings. The first-order chi connectivity index (χ1) is 7.06. The second kappa shape index (κ2) is 5.50. The Morgan fingerprint density at radius 3 is 2.33 bits per heavy atom. The van der Waals surface area contributed by atoms with Gasteiger partial charge >= 0.3 is 0 Å². The quantitative estimate of drug-likeness (QED) is 0.697. The van der Waals surface area contributed by atoms with E-state index in [1.54, 1.807) is 5.57 Å². The Bertz CT molecular complexity index is 269. The highest BCUT2D eigenvalue weighted by atomic mass is 14.6. The third kappa shape index (κ3) is 3.20. The van der Waals surface area contributed by atoms with Crippen LogP contribution >= 0.6 is 0 Å². The number of hydrogen-bond donors (Lipinski definition) is 1. The molecule has 1 nitrogen and oxygen atoms in total. The van der Waals surface area contributed by atoms with Gasteiger partial charge in [-0.1, -0.05) is 36.1 Å². The predicted molar refractivity (Wildman–Crippen MR) is 67.7 cm³/mol. The molecule has 15 heavy (non-hydrogen) atoms. The SMILES string of the molecule is CCC(N)/C(C)=C/C(C)=C(/C)C1CCC1. The van der Waals surface area contributed by atoms with Gasteiger partial charge in [-0.15, -0.1) is 0 Å². The van der Waals surface area contributed by atoms with Crippen LogP contribution in [0.1, 0.15) is 53.4 Å². The molecule has 0 spiro atoms. The van der Waals surface area contributed by atoms with Crippen molar-refractivity contribution >= 4 is 0 Å². The number of rotatable bonds is 4. The molecule has 1 aliphatic rings. The minimum absolute atomic E-state index is 0.231. The van der Waals surface area contributed by atoms with Crippen LogP contribution in [-0.2, 0) is 0 Å². The first kappa shape index (κ1) is 12.5. The topological polar surface area (TPSA) is 26.0 Å². The maximum atomic E-state index is 6.00. The first-order valence-corrected chi connectivity index (χ1v) is 6.17. The summed E-state index contributed by atoms with van der Waals surface area (Å²) in [7, 11) is 0. The molecule has 2 N–H and O–H groups in total. The van der Waals surface area contributed by atoms with Gasteiger partial charge < -0.3 is 5.73 Å². The molecular formula is C14H25N. The average Bonchev–Trinajstić information content (AvgIpc) is 2.13. The van der Waals surface area contributed by atoms with Crippen molar-refractivity contribution in [3.63, 3.8) is 0 Å². The number of hydrogen-bond acceptors (Lipinski definition) is 1. The highest BCUT2D eigenvalue weighted by Gasteiger charge is 2.19. The molecule has 0 aromatic rings. The van der Waals surface area contributed by atoms with Crippen molar-refractivity contribution in [1.82, 2.24) is 0 Å². The molecule has 0 aromatic heterocycles. The summed E-state index contributed by atoms with van der Waals surface area (Å²) in [5, 5.41) is 0. The molecule has 1 rings (SSSR count). The smallest absolute Gasteiger partial charge is 0.0251 e. The van der Waals surface area contributed by atoms with Crippen LogP contribution in [0.15, 0.2) is 22.8 Å². The Morgan fingerprint density at radius 2 is 1.93 bits per heavy atom. The lowest BCUT2D eigenvalue weighted by Crippen LogP contribution is -2.20. The normalized spacial score (nSPS) is 22.1. The maximum Gasteiger partial charge on any atom is 0.0251 e. The summed E-state index contributed by atoms with van der Waals surface area (Å²) in [6, 6.07) is 0.231. The van der Waals surface area contributed by atoms with Crippen LogP contribution in [0.4, 0.5) is 0 Å². The van der Waals surface area contributed by atoms with Gasteiger partial charge in [-0.2, -0.15) is 0 Å². The van der Waals surface area contributed by atoms with Gasteiger partial charge in [0.15, 0.2) is 0 Å². The minimum atomic E-state index is 0.231. The standard InChI is InChI=1S/C14H25N/c1-5-14(15)11(3)9-10(2)12(4)13-7-6-8-13/h9,13-14H,5-8,15H2,1-4H3/b11-9+,12-10-. The molecule has 86 valence electrons. The van der Waals surface area contributed by atoms with E-state index in [2.05, 4.69) is 33.8 Å². The summed E-state index contributed by atoms with van der Waals surface area (Å²) in [4.78, 5) is 0. The molecule has 0 radical (unpaired) electrons. The van der Waals surface area contributed by atoms with E-state index in [4.69, 9.17) is 5.73 Å². The maximum absolute atomic E-state index is 6.00. The average molecular weight is 207 g/mol. The van der Waals surface area contributed by atoms with E-state index in [-0.39, 0.29) is 6.04 Å². The minimum Gasteiger partial charge on any atom is -0.324 e. The van der Waals surface area contributed by atoms with Gasteiger partial charge in [-0.05, 0) is 46.0 Å². The van der Waals surface area contributed by atoms with Crippen LogP contribution in [0.25, 0.3) is 0 Å². The summed E-state index contributed by atoms with van der Waals surface area (Å²) >= 11 is 0. The third-order valence-corrected chi connectivity index (χ3v) is 3.81. The monoisotopic (exact) mass is 207 g/mol. The molecule has 1 saturated carbocycles. The van der Waals surface area contributed by atoms with Crippen molar-refractivity contribution in [2.24, 2.45) is 11.7 Å². The van der Waals surface area contributed by atoms with Gasteiger partial charge in [-0.25, -0.2) is 0 Å². The second-order valence-corrected chi connectivity index (χ2v) is 4.90. The fourth-order valence-corrected chi connectivity index (χ4v) is 2.05. The molecule has 0 amide bonds. The van der Waals surface area contributed by atoms with Crippen molar-refractivity contribution in [1.29, 1.82) is 0 Å². The van der Waals surface area contributed by atoms with Crippen LogP contribution in [-0.4, -0.2) is 6.04 Å². The molecule has 1 heteroatoms. The Hall–Kier alpha value is -0.560. The lowest BCUT2D eigenvalue weighted by Gasteiger charge is -2.27. The van der Waals surface area contributed by atoms with E-state index in [0.29, 0.717) is 0 Å². The Morgan fingerprint density at radius 1 is 1.33 bits per heavy atom. The van der Waals surface area contributed by atoms with E-state index >= 15 is 0 Å². The largest absolute Gasteiger partial charge is 0.324 e. The summed E-state index contributed by atoms with van der Waals surface area (Å²) in [5.74, 6) is 0.854. The summed E-state index contributed by atoms with van der Waals surface area (Å²) < 4.78 is 0. The van der Waals surface area contributed by atoms with Gasteiger partial charge in [0.1, 0.15) is 0 Å². The van der Waals surface area contributed by atoms with Crippen LogP contribution in [0.2, 0.25) is 0 Å². The van der Waals surface area contributed by atoms with Crippen molar-refractivity contribution in [3.8, 4) is 0 Å². The molecule has 1 atom stereocenters. The highest BCUT2D eigenvalue weighted by Crippen LogP contribution is 2.34. The number of nitrogens with two attached hydrogens (primary N) is 1. The molecule has 1 aliphatic carbocycles. The Labute approximate surface area is 94.4 Å². The third-order valence-electron chi connectivity index (χ3n) is 3.81. The molecule has 0 aromatic carbocycles. The van der Waals surface area contributed by atoms with Crippen LogP contribution in [0, 0.1) is 5.92 Å². The molecule has 0 aliphatic heterocycles. The Balaban J connectivity index is 2.70. The van der Waals surface area contributed by atoms with Crippen LogP contribution < -0.4 is 5.73 Å². The van der Waals surface area contributed by atoms with Gasteiger partial charge in [0.25, 0.3) is 0 Å². The molecule has 0 bridgehead atoms. The van der Waals surface area contributed by atoms with Gasteiger partial charge in [0.2, 0.25) is 0 Å². The van der Waals surface area contributed by atoms with Crippen molar-refractivity contribution in [2.45, 2.75) is 59.4 Å². The lowest BCUT2D eigenvalue weighted by molar-refractivity contribution is 0.366. The lowest BCUT2D eigenvalue weighted by atomic mass is 9.78. The molecular weight excluding hydrogens is 182 g/mol. The zero-order valence-corrected chi connectivity index (χ0v) is 10.6. The summed E-state index contributed by atoms with van der Waals surface area (Å²) in [6.07, 6.45) is 7.48. The first-order valence-electron chi connectivity index (χ1n) is 6.17. The fraction of sp³-hybridized carbons (Fsp3) is 0.714.